The number of hydrogen-bond acceptors (Lipinski definition) is 5. The topological polar surface area (TPSA) is 77.0 Å². The van der Waals surface area contributed by atoms with Crippen molar-refractivity contribution in [3.63, 3.8) is 0 Å². The van der Waals surface area contributed by atoms with Crippen molar-refractivity contribution in [2.45, 2.75) is 19.4 Å². The third kappa shape index (κ3) is 5.24. The van der Waals surface area contributed by atoms with Crippen molar-refractivity contribution in [1.29, 1.82) is 0 Å². The Kier molecular flexibility index (Phi) is 7.56. The van der Waals surface area contributed by atoms with Gasteiger partial charge in [-0.15, -0.1) is 0 Å². The number of carboxylic acid groups (broad SMARTS) is 1. The van der Waals surface area contributed by atoms with E-state index in [4.69, 9.17) is 14.2 Å². The highest BCUT2D eigenvalue weighted by molar-refractivity contribution is 5.76. The molecular formula is C15H23NO5. The average Bonchev–Trinajstić information content (AvgIpc) is 2.48. The van der Waals surface area contributed by atoms with Crippen LogP contribution in [0.2, 0.25) is 0 Å². The molecule has 1 aromatic carbocycles. The molecule has 0 fully saturated rings. The highest BCUT2D eigenvalue weighted by Gasteiger charge is 2.20. The summed E-state index contributed by atoms with van der Waals surface area (Å²) in [6.07, 6.45) is 0.744. The molecule has 0 amide bonds. The molecule has 0 saturated heterocycles. The molecule has 0 aliphatic heterocycles. The van der Waals surface area contributed by atoms with Gasteiger partial charge in [-0.2, -0.15) is 0 Å². The molecule has 0 aliphatic carbocycles. The van der Waals surface area contributed by atoms with E-state index in [-0.39, 0.29) is 0 Å². The number of hydrogen-bond donors (Lipinski definition) is 2. The first-order chi connectivity index (χ1) is 10.1. The van der Waals surface area contributed by atoms with Crippen LogP contribution in [0.5, 0.6) is 11.5 Å². The molecule has 1 atom stereocenters. The van der Waals surface area contributed by atoms with Crippen LogP contribution < -0.4 is 14.8 Å². The lowest BCUT2D eigenvalue weighted by atomic mass is 10.1. The predicted octanol–water partition coefficient (Wildman–Crippen LogP) is 1.85. The second-order valence-corrected chi connectivity index (χ2v) is 4.42. The van der Waals surface area contributed by atoms with E-state index in [2.05, 4.69) is 5.32 Å². The number of methoxy groups -OCH3 is 2. The first kappa shape index (κ1) is 17.3. The number of benzene rings is 1. The van der Waals surface area contributed by atoms with Crippen molar-refractivity contribution >= 4 is 5.97 Å². The summed E-state index contributed by atoms with van der Waals surface area (Å²) in [6.45, 7) is 3.55. The van der Waals surface area contributed by atoms with Crippen LogP contribution in [0.1, 0.15) is 24.9 Å². The zero-order valence-electron chi connectivity index (χ0n) is 12.7. The van der Waals surface area contributed by atoms with Gasteiger partial charge in [0, 0.05) is 13.7 Å². The Hall–Kier alpha value is -1.79. The fourth-order valence-electron chi connectivity index (χ4n) is 1.95. The van der Waals surface area contributed by atoms with Crippen molar-refractivity contribution in [3.8, 4) is 11.5 Å². The molecule has 0 aliphatic rings. The van der Waals surface area contributed by atoms with Crippen LogP contribution >= 0.6 is 0 Å². The van der Waals surface area contributed by atoms with E-state index in [0.717, 1.165) is 6.42 Å². The summed E-state index contributed by atoms with van der Waals surface area (Å²) in [6, 6.07) is 4.36. The highest BCUT2D eigenvalue weighted by atomic mass is 16.5. The van der Waals surface area contributed by atoms with Gasteiger partial charge in [0.15, 0.2) is 11.5 Å². The molecule has 0 radical (unpaired) electrons. The molecule has 6 heteroatoms. The largest absolute Gasteiger partial charge is 0.493 e. The van der Waals surface area contributed by atoms with Crippen LogP contribution in [0, 0.1) is 0 Å². The fraction of sp³-hybridized carbons (Fsp3) is 0.533. The van der Waals surface area contributed by atoms with Crippen molar-refractivity contribution in [1.82, 2.24) is 5.32 Å². The lowest BCUT2D eigenvalue weighted by molar-refractivity contribution is -0.139. The molecule has 0 spiro atoms. The number of nitrogens with one attached hydrogen (secondary N) is 1. The van der Waals surface area contributed by atoms with Crippen molar-refractivity contribution in [2.24, 2.45) is 0 Å². The molecule has 1 aromatic rings. The minimum absolute atomic E-state index is 0.521. The van der Waals surface area contributed by atoms with Crippen LogP contribution in [0.4, 0.5) is 0 Å². The molecular weight excluding hydrogens is 274 g/mol. The van der Waals surface area contributed by atoms with Gasteiger partial charge in [0.1, 0.15) is 6.04 Å². The predicted molar refractivity (Wildman–Crippen MR) is 79.0 cm³/mol. The highest BCUT2D eigenvalue weighted by Crippen LogP contribution is 2.30. The van der Waals surface area contributed by atoms with Gasteiger partial charge in [-0.3, -0.25) is 4.79 Å². The molecule has 118 valence electrons. The molecule has 1 unspecified atom stereocenters. The Morgan fingerprint density at radius 1 is 1.33 bits per heavy atom. The molecule has 0 aromatic heterocycles. The Morgan fingerprint density at radius 2 is 2.10 bits per heavy atom. The lowest BCUT2D eigenvalue weighted by Gasteiger charge is -2.17. The number of rotatable bonds is 10. The first-order valence-corrected chi connectivity index (χ1v) is 6.89. The molecule has 21 heavy (non-hydrogen) atoms. The van der Waals surface area contributed by atoms with Crippen LogP contribution in [-0.4, -0.2) is 45.1 Å². The van der Waals surface area contributed by atoms with Gasteiger partial charge in [0.05, 0.1) is 13.7 Å². The summed E-state index contributed by atoms with van der Waals surface area (Å²) >= 11 is 0. The van der Waals surface area contributed by atoms with Gasteiger partial charge in [-0.25, -0.2) is 0 Å². The third-order valence-corrected chi connectivity index (χ3v) is 2.94. The van der Waals surface area contributed by atoms with Gasteiger partial charge in [-0.05, 0) is 37.6 Å². The van der Waals surface area contributed by atoms with Crippen LogP contribution in [-0.2, 0) is 9.53 Å². The van der Waals surface area contributed by atoms with Crippen molar-refractivity contribution < 1.29 is 24.1 Å². The summed E-state index contributed by atoms with van der Waals surface area (Å²) in [5, 5.41) is 12.4. The van der Waals surface area contributed by atoms with E-state index in [0.29, 0.717) is 36.8 Å². The van der Waals surface area contributed by atoms with Gasteiger partial charge in [0.25, 0.3) is 0 Å². The maximum atomic E-state index is 11.4. The second kappa shape index (κ2) is 9.20. The first-order valence-electron chi connectivity index (χ1n) is 6.89. The Labute approximate surface area is 125 Å². The zero-order valence-corrected chi connectivity index (χ0v) is 12.7. The molecule has 1 rings (SSSR count). The van der Waals surface area contributed by atoms with E-state index in [1.807, 2.05) is 6.92 Å². The smallest absolute Gasteiger partial charge is 0.325 e. The Balaban J connectivity index is 2.84. The van der Waals surface area contributed by atoms with E-state index < -0.39 is 12.0 Å². The zero-order chi connectivity index (χ0) is 15.7. The molecule has 0 heterocycles. The molecule has 0 saturated carbocycles. The summed E-state index contributed by atoms with van der Waals surface area (Å²) in [4.78, 5) is 11.4. The number of aliphatic carboxylic acids is 1. The van der Waals surface area contributed by atoms with Crippen molar-refractivity contribution in [2.75, 3.05) is 34.0 Å². The lowest BCUT2D eigenvalue weighted by Crippen LogP contribution is -2.29. The summed E-state index contributed by atoms with van der Waals surface area (Å²) in [7, 11) is 3.15. The van der Waals surface area contributed by atoms with E-state index >= 15 is 0 Å². The Morgan fingerprint density at radius 3 is 2.67 bits per heavy atom. The number of carbonyl (C=O) groups is 1. The normalized spacial score (nSPS) is 12.0. The van der Waals surface area contributed by atoms with E-state index in [1.54, 1.807) is 25.3 Å². The summed E-state index contributed by atoms with van der Waals surface area (Å²) in [5.74, 6) is 0.199. The third-order valence-electron chi connectivity index (χ3n) is 2.94. The minimum Gasteiger partial charge on any atom is -0.493 e. The van der Waals surface area contributed by atoms with Crippen molar-refractivity contribution in [3.05, 3.63) is 23.8 Å². The quantitative estimate of drug-likeness (QED) is 0.642. The minimum atomic E-state index is -0.932. The van der Waals surface area contributed by atoms with Crippen LogP contribution in [0.15, 0.2) is 18.2 Å². The van der Waals surface area contributed by atoms with E-state index in [1.165, 1.54) is 7.11 Å². The second-order valence-electron chi connectivity index (χ2n) is 4.42. The summed E-state index contributed by atoms with van der Waals surface area (Å²) in [5.41, 5.74) is 0.625. The summed E-state index contributed by atoms with van der Waals surface area (Å²) < 4.78 is 15.6. The van der Waals surface area contributed by atoms with E-state index in [9.17, 15) is 9.90 Å². The maximum absolute atomic E-state index is 11.4. The average molecular weight is 297 g/mol. The van der Waals surface area contributed by atoms with Gasteiger partial charge < -0.3 is 24.6 Å². The molecule has 6 nitrogen and oxygen atoms in total. The number of carboxylic acids is 1. The molecule has 2 N–H and O–H groups in total. The molecule has 0 bridgehead atoms. The van der Waals surface area contributed by atoms with Gasteiger partial charge >= 0.3 is 5.97 Å². The van der Waals surface area contributed by atoms with Gasteiger partial charge in [0.2, 0.25) is 0 Å². The monoisotopic (exact) mass is 297 g/mol. The SMILES string of the molecule is CCOc1ccc(C(NCCCOC)C(=O)O)cc1OC. The Bertz CT molecular complexity index is 450. The van der Waals surface area contributed by atoms with Crippen LogP contribution in [0.3, 0.4) is 0 Å². The fourth-order valence-corrected chi connectivity index (χ4v) is 1.95. The van der Waals surface area contributed by atoms with Gasteiger partial charge in [-0.1, -0.05) is 6.07 Å². The number of ether oxygens (including phenoxy) is 3. The van der Waals surface area contributed by atoms with Crippen LogP contribution in [0.25, 0.3) is 0 Å². The standard InChI is InChI=1S/C15H23NO5/c1-4-21-12-7-6-11(10-13(12)20-3)14(15(17)18)16-8-5-9-19-2/h6-7,10,14,16H,4-5,8-9H2,1-3H3,(H,17,18). The maximum Gasteiger partial charge on any atom is 0.325 e.